The maximum absolute atomic E-state index is 10.6. The molecular weight excluding hydrogens is 336 g/mol. The number of nitro benzene ring substituents is 1. The number of nitro groups is 1. The van der Waals surface area contributed by atoms with Crippen LogP contribution in [0.4, 0.5) is 11.4 Å². The number of nitrogens with zero attached hydrogens (tertiary/aromatic N) is 1. The van der Waals surface area contributed by atoms with E-state index in [0.717, 1.165) is 21.5 Å². The first-order chi connectivity index (χ1) is 10.1. The van der Waals surface area contributed by atoms with Gasteiger partial charge in [0.25, 0.3) is 5.69 Å². The quantitative estimate of drug-likeness (QED) is 0.620. The van der Waals surface area contributed by atoms with Crippen LogP contribution in [0.25, 0.3) is 0 Å². The highest BCUT2D eigenvalue weighted by atomic mass is 79.9. The topological polar surface area (TPSA) is 64.4 Å². The molecular formula is C15H15BrN2O3. The summed E-state index contributed by atoms with van der Waals surface area (Å²) < 4.78 is 6.56. The van der Waals surface area contributed by atoms with Crippen LogP contribution < -0.4 is 10.1 Å². The summed E-state index contributed by atoms with van der Waals surface area (Å²) in [5, 5.41) is 13.8. The molecule has 2 aromatic rings. The maximum Gasteiger partial charge on any atom is 0.269 e. The second-order valence-corrected chi connectivity index (χ2v) is 5.26. The van der Waals surface area contributed by atoms with Crippen molar-refractivity contribution < 1.29 is 9.66 Å². The minimum absolute atomic E-state index is 0.0815. The lowest BCUT2D eigenvalue weighted by Gasteiger charge is -2.12. The lowest BCUT2D eigenvalue weighted by Crippen LogP contribution is -2.03. The van der Waals surface area contributed by atoms with Crippen molar-refractivity contribution in [3.05, 3.63) is 62.6 Å². The van der Waals surface area contributed by atoms with Gasteiger partial charge in [0, 0.05) is 34.4 Å². The summed E-state index contributed by atoms with van der Waals surface area (Å²) in [6, 6.07) is 12.2. The van der Waals surface area contributed by atoms with Gasteiger partial charge in [0.1, 0.15) is 5.75 Å². The third kappa shape index (κ3) is 4.19. The van der Waals surface area contributed by atoms with Crippen molar-refractivity contribution in [3.63, 3.8) is 0 Å². The van der Waals surface area contributed by atoms with Crippen LogP contribution in [0.3, 0.4) is 0 Å². The van der Waals surface area contributed by atoms with Crippen LogP contribution in [-0.2, 0) is 6.54 Å². The third-order valence-electron chi connectivity index (χ3n) is 2.88. The van der Waals surface area contributed by atoms with Crippen LogP contribution >= 0.6 is 15.9 Å². The van der Waals surface area contributed by atoms with Gasteiger partial charge in [-0.1, -0.05) is 15.9 Å². The molecule has 0 saturated carbocycles. The molecule has 5 nitrogen and oxygen atoms in total. The molecule has 6 heteroatoms. The molecule has 0 fully saturated rings. The van der Waals surface area contributed by atoms with E-state index in [1.165, 1.54) is 12.1 Å². The van der Waals surface area contributed by atoms with E-state index in [2.05, 4.69) is 21.2 Å². The average molecular weight is 351 g/mol. The number of non-ortho nitro benzene ring substituents is 1. The van der Waals surface area contributed by atoms with Crippen LogP contribution in [0.1, 0.15) is 12.5 Å². The Kier molecular flexibility index (Phi) is 5.16. The number of anilines is 1. The molecule has 0 saturated heterocycles. The fourth-order valence-corrected chi connectivity index (χ4v) is 2.29. The maximum atomic E-state index is 10.6. The summed E-state index contributed by atoms with van der Waals surface area (Å²) in [6.07, 6.45) is 0. The van der Waals surface area contributed by atoms with E-state index in [0.29, 0.717) is 13.2 Å². The first-order valence-electron chi connectivity index (χ1n) is 6.49. The molecule has 0 aromatic heterocycles. The van der Waals surface area contributed by atoms with Crippen LogP contribution in [0.15, 0.2) is 46.9 Å². The van der Waals surface area contributed by atoms with Crippen molar-refractivity contribution in [2.75, 3.05) is 11.9 Å². The van der Waals surface area contributed by atoms with Gasteiger partial charge in [0.15, 0.2) is 0 Å². The number of ether oxygens (including phenoxy) is 1. The molecule has 0 aliphatic rings. The van der Waals surface area contributed by atoms with Crippen LogP contribution in [-0.4, -0.2) is 11.5 Å². The fraction of sp³-hybridized carbons (Fsp3) is 0.200. The predicted octanol–water partition coefficient (Wildman–Crippen LogP) is 4.37. The molecule has 2 aromatic carbocycles. The van der Waals surface area contributed by atoms with Gasteiger partial charge in [-0.05, 0) is 37.3 Å². The van der Waals surface area contributed by atoms with Crippen molar-refractivity contribution >= 4 is 27.3 Å². The molecule has 21 heavy (non-hydrogen) atoms. The van der Waals surface area contributed by atoms with E-state index >= 15 is 0 Å². The molecule has 0 bridgehead atoms. The lowest BCUT2D eigenvalue weighted by molar-refractivity contribution is -0.384. The molecule has 0 aliphatic carbocycles. The SMILES string of the molecule is CCOc1ccc(Br)cc1CNc1ccc([N+](=O)[O-])cc1. The van der Waals surface area contributed by atoms with Gasteiger partial charge in [-0.3, -0.25) is 10.1 Å². The normalized spacial score (nSPS) is 10.2. The monoisotopic (exact) mass is 350 g/mol. The molecule has 0 aliphatic heterocycles. The minimum atomic E-state index is -0.411. The standard InChI is InChI=1S/C15H15BrN2O3/c1-2-21-15-8-3-12(16)9-11(15)10-17-13-4-6-14(7-5-13)18(19)20/h3-9,17H,2,10H2,1H3. The molecule has 0 radical (unpaired) electrons. The van der Waals surface area contributed by atoms with Crippen molar-refractivity contribution in [1.29, 1.82) is 0 Å². The second-order valence-electron chi connectivity index (χ2n) is 4.34. The van der Waals surface area contributed by atoms with Crippen molar-refractivity contribution in [2.24, 2.45) is 0 Å². The molecule has 0 heterocycles. The van der Waals surface area contributed by atoms with Crippen LogP contribution in [0, 0.1) is 10.1 Å². The summed E-state index contributed by atoms with van der Waals surface area (Å²) in [5.74, 6) is 0.829. The fourth-order valence-electron chi connectivity index (χ4n) is 1.88. The van der Waals surface area contributed by atoms with Crippen molar-refractivity contribution in [1.82, 2.24) is 0 Å². The summed E-state index contributed by atoms with van der Waals surface area (Å²) in [6.45, 7) is 3.12. The number of hydrogen-bond donors (Lipinski definition) is 1. The van der Waals surface area contributed by atoms with Gasteiger partial charge in [-0.2, -0.15) is 0 Å². The Morgan fingerprint density at radius 3 is 2.57 bits per heavy atom. The molecule has 2 rings (SSSR count). The summed E-state index contributed by atoms with van der Waals surface area (Å²) >= 11 is 3.44. The summed E-state index contributed by atoms with van der Waals surface area (Å²) in [5.41, 5.74) is 1.92. The average Bonchev–Trinajstić information content (AvgIpc) is 2.48. The summed E-state index contributed by atoms with van der Waals surface area (Å²) in [4.78, 5) is 10.2. The van der Waals surface area contributed by atoms with E-state index < -0.39 is 4.92 Å². The predicted molar refractivity (Wildman–Crippen MR) is 85.7 cm³/mol. The zero-order valence-electron chi connectivity index (χ0n) is 11.5. The molecule has 0 atom stereocenters. The second kappa shape index (κ2) is 7.08. The first-order valence-corrected chi connectivity index (χ1v) is 7.29. The zero-order valence-corrected chi connectivity index (χ0v) is 13.1. The van der Waals surface area contributed by atoms with Crippen LogP contribution in [0.2, 0.25) is 0 Å². The van der Waals surface area contributed by atoms with E-state index in [-0.39, 0.29) is 5.69 Å². The Labute approximate surface area is 131 Å². The highest BCUT2D eigenvalue weighted by Gasteiger charge is 2.06. The molecule has 0 amide bonds. The van der Waals surface area contributed by atoms with Gasteiger partial charge in [0.2, 0.25) is 0 Å². The van der Waals surface area contributed by atoms with Gasteiger partial charge in [-0.25, -0.2) is 0 Å². The zero-order chi connectivity index (χ0) is 15.2. The van der Waals surface area contributed by atoms with E-state index in [1.54, 1.807) is 12.1 Å². The number of rotatable bonds is 6. The van der Waals surface area contributed by atoms with Gasteiger partial charge >= 0.3 is 0 Å². The smallest absolute Gasteiger partial charge is 0.269 e. The third-order valence-corrected chi connectivity index (χ3v) is 3.38. The van der Waals surface area contributed by atoms with Crippen molar-refractivity contribution in [2.45, 2.75) is 13.5 Å². The Bertz CT molecular complexity index is 629. The van der Waals surface area contributed by atoms with Crippen LogP contribution in [0.5, 0.6) is 5.75 Å². The van der Waals surface area contributed by atoms with Gasteiger partial charge in [-0.15, -0.1) is 0 Å². The highest BCUT2D eigenvalue weighted by molar-refractivity contribution is 9.10. The van der Waals surface area contributed by atoms with E-state index in [4.69, 9.17) is 4.74 Å². The molecule has 0 spiro atoms. The number of hydrogen-bond acceptors (Lipinski definition) is 4. The van der Waals surface area contributed by atoms with Crippen molar-refractivity contribution in [3.8, 4) is 5.75 Å². The number of halogens is 1. The Balaban J connectivity index is 2.08. The Morgan fingerprint density at radius 1 is 1.24 bits per heavy atom. The minimum Gasteiger partial charge on any atom is -0.494 e. The Morgan fingerprint density at radius 2 is 1.95 bits per heavy atom. The largest absolute Gasteiger partial charge is 0.494 e. The highest BCUT2D eigenvalue weighted by Crippen LogP contribution is 2.24. The first kappa shape index (κ1) is 15.3. The molecule has 0 unspecified atom stereocenters. The molecule has 1 N–H and O–H groups in total. The van der Waals surface area contributed by atoms with E-state index in [9.17, 15) is 10.1 Å². The number of nitrogens with one attached hydrogen (secondary N) is 1. The summed E-state index contributed by atoms with van der Waals surface area (Å²) in [7, 11) is 0. The Hall–Kier alpha value is -2.08. The lowest BCUT2D eigenvalue weighted by atomic mass is 10.2. The molecule has 110 valence electrons. The van der Waals surface area contributed by atoms with Gasteiger partial charge < -0.3 is 10.1 Å². The number of benzene rings is 2. The van der Waals surface area contributed by atoms with Gasteiger partial charge in [0.05, 0.1) is 11.5 Å². The van der Waals surface area contributed by atoms with E-state index in [1.807, 2.05) is 25.1 Å².